The standard InChI is InChI=1S/C22H23N3O2/c1-22(2,16-7-5-4-6-8-16)14-24-21-19-18(26-3)10-9-17(20(19)27-25-21)15-11-12-23-13-15/h4-13,23H,14H2,1-3H3,(H,24,25). The van der Waals surface area contributed by atoms with Gasteiger partial charge in [0.15, 0.2) is 11.4 Å². The van der Waals surface area contributed by atoms with Crippen molar-refractivity contribution in [2.24, 2.45) is 0 Å². The fraction of sp³-hybridized carbons (Fsp3) is 0.227. The van der Waals surface area contributed by atoms with Crippen molar-refractivity contribution in [1.29, 1.82) is 0 Å². The number of nitrogens with one attached hydrogen (secondary N) is 2. The number of benzene rings is 2. The number of ether oxygens (including phenoxy) is 1. The van der Waals surface area contributed by atoms with Gasteiger partial charge in [-0.05, 0) is 23.8 Å². The molecule has 2 aromatic heterocycles. The van der Waals surface area contributed by atoms with Crippen LogP contribution >= 0.6 is 0 Å². The Hall–Kier alpha value is -3.21. The van der Waals surface area contributed by atoms with Gasteiger partial charge in [-0.3, -0.25) is 0 Å². The molecule has 0 radical (unpaired) electrons. The number of methoxy groups -OCH3 is 1. The zero-order valence-corrected chi connectivity index (χ0v) is 15.7. The topological polar surface area (TPSA) is 63.1 Å². The summed E-state index contributed by atoms with van der Waals surface area (Å²) in [6.45, 7) is 5.14. The van der Waals surface area contributed by atoms with Crippen molar-refractivity contribution in [1.82, 2.24) is 10.1 Å². The van der Waals surface area contributed by atoms with Gasteiger partial charge in [0.25, 0.3) is 0 Å². The first kappa shape index (κ1) is 17.2. The molecule has 0 aliphatic heterocycles. The van der Waals surface area contributed by atoms with Crippen LogP contribution < -0.4 is 10.1 Å². The minimum Gasteiger partial charge on any atom is -0.496 e. The molecule has 0 bridgehead atoms. The lowest BCUT2D eigenvalue weighted by molar-refractivity contribution is 0.419. The van der Waals surface area contributed by atoms with E-state index < -0.39 is 0 Å². The lowest BCUT2D eigenvalue weighted by atomic mass is 9.84. The molecule has 4 rings (SSSR count). The molecule has 4 aromatic rings. The predicted molar refractivity (Wildman–Crippen MR) is 108 cm³/mol. The molecule has 2 N–H and O–H groups in total. The van der Waals surface area contributed by atoms with Gasteiger partial charge in [0.1, 0.15) is 11.1 Å². The average Bonchev–Trinajstić information content (AvgIpc) is 3.37. The van der Waals surface area contributed by atoms with Crippen LogP contribution in [0.15, 0.2) is 65.4 Å². The Morgan fingerprint density at radius 1 is 1.11 bits per heavy atom. The van der Waals surface area contributed by atoms with Crippen molar-refractivity contribution >= 4 is 16.8 Å². The van der Waals surface area contributed by atoms with E-state index in [-0.39, 0.29) is 5.41 Å². The highest BCUT2D eigenvalue weighted by Crippen LogP contribution is 2.39. The summed E-state index contributed by atoms with van der Waals surface area (Å²) < 4.78 is 11.3. The Labute approximate surface area is 158 Å². The smallest absolute Gasteiger partial charge is 0.181 e. The molecular weight excluding hydrogens is 338 g/mol. The highest BCUT2D eigenvalue weighted by atomic mass is 16.5. The molecule has 0 fully saturated rings. The van der Waals surface area contributed by atoms with E-state index in [1.807, 2.05) is 36.7 Å². The van der Waals surface area contributed by atoms with E-state index >= 15 is 0 Å². The molecule has 0 saturated heterocycles. The van der Waals surface area contributed by atoms with Crippen LogP contribution in [0.2, 0.25) is 0 Å². The van der Waals surface area contributed by atoms with Crippen molar-refractivity contribution < 1.29 is 9.26 Å². The Kier molecular flexibility index (Phi) is 4.36. The first-order valence-corrected chi connectivity index (χ1v) is 8.99. The van der Waals surface area contributed by atoms with E-state index in [0.717, 1.165) is 28.8 Å². The minimum absolute atomic E-state index is 0.0575. The van der Waals surface area contributed by atoms with Crippen molar-refractivity contribution in [3.63, 3.8) is 0 Å². The summed E-state index contributed by atoms with van der Waals surface area (Å²) in [5.41, 5.74) is 3.96. The summed E-state index contributed by atoms with van der Waals surface area (Å²) in [5, 5.41) is 8.62. The number of aromatic amines is 1. The highest BCUT2D eigenvalue weighted by Gasteiger charge is 2.23. The predicted octanol–water partition coefficient (Wildman–Crippen LogP) is 5.22. The molecule has 5 nitrogen and oxygen atoms in total. The normalized spacial score (nSPS) is 11.7. The van der Waals surface area contributed by atoms with Crippen LogP contribution in [-0.2, 0) is 5.41 Å². The second-order valence-electron chi connectivity index (χ2n) is 7.25. The van der Waals surface area contributed by atoms with Crippen LogP contribution in [0.3, 0.4) is 0 Å². The Balaban J connectivity index is 1.69. The van der Waals surface area contributed by atoms with Crippen LogP contribution in [-0.4, -0.2) is 23.8 Å². The van der Waals surface area contributed by atoms with Gasteiger partial charge >= 0.3 is 0 Å². The Morgan fingerprint density at radius 3 is 2.63 bits per heavy atom. The maximum absolute atomic E-state index is 5.71. The van der Waals surface area contributed by atoms with Gasteiger partial charge in [0, 0.05) is 35.5 Å². The van der Waals surface area contributed by atoms with E-state index in [9.17, 15) is 0 Å². The van der Waals surface area contributed by atoms with Gasteiger partial charge in [0.2, 0.25) is 0 Å². The van der Waals surface area contributed by atoms with E-state index in [4.69, 9.17) is 9.26 Å². The molecule has 5 heteroatoms. The zero-order valence-electron chi connectivity index (χ0n) is 15.7. The SMILES string of the molecule is COc1ccc(-c2cc[nH]c2)c2onc(NCC(C)(C)c3ccccc3)c12. The van der Waals surface area contributed by atoms with Gasteiger partial charge in [-0.25, -0.2) is 0 Å². The van der Waals surface area contributed by atoms with E-state index in [2.05, 4.69) is 53.6 Å². The van der Waals surface area contributed by atoms with Gasteiger partial charge in [-0.1, -0.05) is 49.3 Å². The molecular formula is C22H23N3O2. The monoisotopic (exact) mass is 361 g/mol. The average molecular weight is 361 g/mol. The summed E-state index contributed by atoms with van der Waals surface area (Å²) in [6, 6.07) is 16.4. The second-order valence-corrected chi connectivity index (χ2v) is 7.25. The molecule has 0 aliphatic rings. The van der Waals surface area contributed by atoms with Crippen LogP contribution in [0.25, 0.3) is 22.1 Å². The van der Waals surface area contributed by atoms with Crippen LogP contribution in [0, 0.1) is 0 Å². The van der Waals surface area contributed by atoms with Crippen LogP contribution in [0.1, 0.15) is 19.4 Å². The first-order valence-electron chi connectivity index (χ1n) is 8.99. The number of aromatic nitrogens is 2. The summed E-state index contributed by atoms with van der Waals surface area (Å²) in [5.74, 6) is 1.44. The minimum atomic E-state index is -0.0575. The Morgan fingerprint density at radius 2 is 1.93 bits per heavy atom. The molecule has 0 aliphatic carbocycles. The molecule has 0 spiro atoms. The van der Waals surface area contributed by atoms with Gasteiger partial charge in [0.05, 0.1) is 7.11 Å². The van der Waals surface area contributed by atoms with Crippen molar-refractivity contribution in [2.75, 3.05) is 19.0 Å². The maximum atomic E-state index is 5.71. The molecule has 0 atom stereocenters. The zero-order chi connectivity index (χ0) is 18.9. The number of hydrogen-bond acceptors (Lipinski definition) is 4. The number of anilines is 1. The summed E-state index contributed by atoms with van der Waals surface area (Å²) in [6.07, 6.45) is 3.83. The fourth-order valence-corrected chi connectivity index (χ4v) is 3.33. The second kappa shape index (κ2) is 6.83. The van der Waals surface area contributed by atoms with Gasteiger partial charge in [-0.2, -0.15) is 0 Å². The van der Waals surface area contributed by atoms with E-state index in [1.165, 1.54) is 5.56 Å². The fourth-order valence-electron chi connectivity index (χ4n) is 3.33. The lowest BCUT2D eigenvalue weighted by Crippen LogP contribution is -2.27. The summed E-state index contributed by atoms with van der Waals surface area (Å²) in [7, 11) is 1.66. The summed E-state index contributed by atoms with van der Waals surface area (Å²) in [4.78, 5) is 3.08. The molecule has 2 heterocycles. The van der Waals surface area contributed by atoms with Crippen LogP contribution in [0.5, 0.6) is 5.75 Å². The molecule has 0 saturated carbocycles. The van der Waals surface area contributed by atoms with Gasteiger partial charge < -0.3 is 19.6 Å². The van der Waals surface area contributed by atoms with Crippen LogP contribution in [0.4, 0.5) is 5.82 Å². The van der Waals surface area contributed by atoms with Crippen molar-refractivity contribution in [3.8, 4) is 16.9 Å². The third kappa shape index (κ3) is 3.16. The molecule has 0 unspecified atom stereocenters. The van der Waals surface area contributed by atoms with E-state index in [0.29, 0.717) is 11.4 Å². The van der Waals surface area contributed by atoms with Crippen molar-refractivity contribution in [2.45, 2.75) is 19.3 Å². The number of rotatable bonds is 6. The number of nitrogens with zero attached hydrogens (tertiary/aromatic N) is 1. The third-order valence-electron chi connectivity index (χ3n) is 4.97. The number of fused-ring (bicyclic) bond motifs is 1. The first-order chi connectivity index (χ1) is 13.1. The lowest BCUT2D eigenvalue weighted by Gasteiger charge is -2.25. The molecule has 0 amide bonds. The number of H-pyrrole nitrogens is 1. The molecule has 138 valence electrons. The van der Waals surface area contributed by atoms with E-state index in [1.54, 1.807) is 7.11 Å². The van der Waals surface area contributed by atoms with Gasteiger partial charge in [-0.15, -0.1) is 0 Å². The largest absolute Gasteiger partial charge is 0.496 e. The molecule has 2 aromatic carbocycles. The third-order valence-corrected chi connectivity index (χ3v) is 4.97. The number of hydrogen-bond donors (Lipinski definition) is 2. The highest BCUT2D eigenvalue weighted by molar-refractivity contribution is 6.02. The maximum Gasteiger partial charge on any atom is 0.181 e. The van der Waals surface area contributed by atoms with Crippen molar-refractivity contribution in [3.05, 3.63) is 66.5 Å². The quantitative estimate of drug-likeness (QED) is 0.494. The molecule has 27 heavy (non-hydrogen) atoms. The summed E-state index contributed by atoms with van der Waals surface area (Å²) >= 11 is 0. The Bertz CT molecular complexity index is 1030.